The smallest absolute Gasteiger partial charge is 0.410 e. The van der Waals surface area contributed by atoms with Gasteiger partial charge in [0.2, 0.25) is 4.38 Å². The van der Waals surface area contributed by atoms with Crippen LogP contribution in [0.25, 0.3) is 0 Å². The molecule has 0 spiro atoms. The molecule has 0 unspecified atom stereocenters. The summed E-state index contributed by atoms with van der Waals surface area (Å²) in [7, 11) is 0. The fourth-order valence-electron chi connectivity index (χ4n) is 3.93. The molecule has 3 rings (SSSR count). The zero-order valence-electron chi connectivity index (χ0n) is 18.7. The third-order valence-electron chi connectivity index (χ3n) is 5.33. The van der Waals surface area contributed by atoms with Crippen LogP contribution in [0.2, 0.25) is 0 Å². The number of ether oxygens (including phenoxy) is 4. The van der Waals surface area contributed by atoms with Gasteiger partial charge in [-0.15, -0.1) is 0 Å². The minimum atomic E-state index is -0.757. The van der Waals surface area contributed by atoms with Crippen molar-refractivity contribution in [2.75, 3.05) is 12.8 Å². The molecule has 4 atom stereocenters. The fourth-order valence-corrected chi connectivity index (χ4v) is 4.27. The van der Waals surface area contributed by atoms with Crippen molar-refractivity contribution in [3.8, 4) is 0 Å². The molecule has 0 radical (unpaired) electrons. The Bertz CT molecular complexity index is 809. The fraction of sp³-hybridized carbons (Fsp3) is 0.565. The van der Waals surface area contributed by atoms with E-state index in [1.807, 2.05) is 70.4 Å². The van der Waals surface area contributed by atoms with E-state index in [0.717, 1.165) is 11.1 Å². The predicted octanol–water partition coefficient (Wildman–Crippen LogP) is 4.92. The molecule has 1 aromatic rings. The highest BCUT2D eigenvalue weighted by Gasteiger charge is 2.57. The molecule has 1 saturated carbocycles. The molecule has 1 aliphatic heterocycles. The molecule has 2 fully saturated rings. The number of carbonyl (C=O) groups excluding carboxylic acids is 1. The summed E-state index contributed by atoms with van der Waals surface area (Å²) in [4.78, 5) is 14.9. The molecule has 1 amide bonds. The van der Waals surface area contributed by atoms with Gasteiger partial charge < -0.3 is 18.9 Å². The molecule has 8 heteroatoms. The van der Waals surface area contributed by atoms with Crippen LogP contribution in [0.5, 0.6) is 0 Å². The largest absolute Gasteiger partial charge is 0.472 e. The van der Waals surface area contributed by atoms with Gasteiger partial charge in [-0.05, 0) is 51.7 Å². The van der Waals surface area contributed by atoms with Gasteiger partial charge in [0.1, 0.15) is 24.9 Å². The lowest BCUT2D eigenvalue weighted by Gasteiger charge is -2.31. The topological polar surface area (TPSA) is 57.2 Å². The number of benzene rings is 1. The number of rotatable bonds is 6. The predicted molar refractivity (Wildman–Crippen MR) is 126 cm³/mol. The van der Waals surface area contributed by atoms with Crippen LogP contribution in [0.4, 0.5) is 4.79 Å². The number of allylic oxidation sites excluding steroid dienone is 1. The normalized spacial score (nSPS) is 26.1. The molecule has 1 heterocycles. The van der Waals surface area contributed by atoms with Gasteiger partial charge in [-0.3, -0.25) is 4.90 Å². The monoisotopic (exact) mass is 465 g/mol. The Morgan fingerprint density at radius 2 is 1.94 bits per heavy atom. The highest BCUT2D eigenvalue weighted by Crippen LogP contribution is 2.42. The maximum Gasteiger partial charge on any atom is 0.410 e. The molecule has 1 aliphatic carbocycles. The molecule has 0 N–H and O–H groups in total. The van der Waals surface area contributed by atoms with Gasteiger partial charge in [-0.2, -0.15) is 0 Å². The van der Waals surface area contributed by atoms with Crippen molar-refractivity contribution in [3.05, 3.63) is 47.5 Å². The Morgan fingerprint density at radius 3 is 2.58 bits per heavy atom. The van der Waals surface area contributed by atoms with E-state index in [1.165, 1.54) is 11.8 Å². The number of amides is 1. The standard InChI is InChI=1S/C23H31NO5S2/c1-15(2)11-12-24(21(25)26-14-16-9-7-6-8-10-16)17-13-18(27-22(30)31-5)20-19(17)28-23(3,4)29-20/h6-11,17-20H,12-14H2,1-5H3/t17-,18+,19+,20-/m1/s1. The summed E-state index contributed by atoms with van der Waals surface area (Å²) in [6.07, 6.45) is 3.16. The van der Waals surface area contributed by atoms with Crippen molar-refractivity contribution >= 4 is 34.5 Å². The Labute approximate surface area is 194 Å². The Morgan fingerprint density at radius 1 is 1.26 bits per heavy atom. The molecule has 6 nitrogen and oxygen atoms in total. The summed E-state index contributed by atoms with van der Waals surface area (Å²) in [6, 6.07) is 9.40. The maximum absolute atomic E-state index is 13.2. The third-order valence-corrected chi connectivity index (χ3v) is 6.36. The van der Waals surface area contributed by atoms with Crippen LogP contribution in [0, 0.1) is 0 Å². The van der Waals surface area contributed by atoms with Gasteiger partial charge in [0.05, 0.1) is 6.04 Å². The molecule has 2 aliphatic rings. The number of fused-ring (bicyclic) bond motifs is 1. The molecule has 1 aromatic carbocycles. The molecule has 0 aromatic heterocycles. The molecule has 31 heavy (non-hydrogen) atoms. The molecule has 1 saturated heterocycles. The van der Waals surface area contributed by atoms with Gasteiger partial charge >= 0.3 is 6.09 Å². The van der Waals surface area contributed by atoms with Crippen LogP contribution in [-0.4, -0.2) is 58.3 Å². The summed E-state index contributed by atoms with van der Waals surface area (Å²) < 4.78 is 24.4. The number of thioether (sulfide) groups is 1. The van der Waals surface area contributed by atoms with E-state index >= 15 is 0 Å². The SMILES string of the molecule is CSC(=S)O[C@H]1C[C@@H](N(CC=C(C)C)C(=O)OCc2ccccc2)[C@@H]2OC(C)(C)O[C@@H]21. The van der Waals surface area contributed by atoms with E-state index in [0.29, 0.717) is 17.3 Å². The van der Waals surface area contributed by atoms with Gasteiger partial charge in [0.25, 0.3) is 0 Å². The second-order valence-electron chi connectivity index (χ2n) is 8.45. The first kappa shape index (κ1) is 24.0. The summed E-state index contributed by atoms with van der Waals surface area (Å²) in [5.74, 6) is -0.757. The number of carbonyl (C=O) groups is 1. The molecular weight excluding hydrogens is 434 g/mol. The number of thiocarbonyl (C=S) groups is 1. The van der Waals surface area contributed by atoms with Gasteiger partial charge in [0.15, 0.2) is 5.79 Å². The van der Waals surface area contributed by atoms with Crippen molar-refractivity contribution in [2.45, 2.75) is 70.9 Å². The van der Waals surface area contributed by atoms with Gasteiger partial charge in [0, 0.05) is 13.0 Å². The number of nitrogens with zero attached hydrogens (tertiary/aromatic N) is 1. The zero-order chi connectivity index (χ0) is 22.6. The van der Waals surface area contributed by atoms with E-state index in [1.54, 1.807) is 4.90 Å². The van der Waals surface area contributed by atoms with E-state index < -0.39 is 5.79 Å². The second kappa shape index (κ2) is 10.3. The summed E-state index contributed by atoms with van der Waals surface area (Å²) in [6.45, 7) is 8.40. The van der Waals surface area contributed by atoms with E-state index in [9.17, 15) is 4.79 Å². The third kappa shape index (κ3) is 6.22. The average Bonchev–Trinajstić information content (AvgIpc) is 3.21. The van der Waals surface area contributed by atoms with Crippen LogP contribution < -0.4 is 0 Å². The Balaban J connectivity index is 1.80. The van der Waals surface area contributed by atoms with Crippen LogP contribution in [0.15, 0.2) is 42.0 Å². The first-order valence-corrected chi connectivity index (χ1v) is 12.0. The van der Waals surface area contributed by atoms with Crippen LogP contribution >= 0.6 is 24.0 Å². The number of hydrogen-bond acceptors (Lipinski definition) is 7. The van der Waals surface area contributed by atoms with Crippen molar-refractivity contribution < 1.29 is 23.7 Å². The highest BCUT2D eigenvalue weighted by molar-refractivity contribution is 8.22. The Hall–Kier alpha value is -1.61. The highest BCUT2D eigenvalue weighted by atomic mass is 32.2. The summed E-state index contributed by atoms with van der Waals surface area (Å²) in [5, 5.41) is 0. The van der Waals surface area contributed by atoms with Gasteiger partial charge in [-0.25, -0.2) is 4.79 Å². The lowest BCUT2D eigenvalue weighted by molar-refractivity contribution is -0.165. The maximum atomic E-state index is 13.2. The minimum absolute atomic E-state index is 0.213. The van der Waals surface area contributed by atoms with Crippen molar-refractivity contribution in [1.29, 1.82) is 0 Å². The second-order valence-corrected chi connectivity index (χ2v) is 9.86. The van der Waals surface area contributed by atoms with Crippen LogP contribution in [0.3, 0.4) is 0 Å². The zero-order valence-corrected chi connectivity index (χ0v) is 20.3. The number of hydrogen-bond donors (Lipinski definition) is 0. The lowest BCUT2D eigenvalue weighted by atomic mass is 10.1. The van der Waals surface area contributed by atoms with E-state index in [2.05, 4.69) is 0 Å². The van der Waals surface area contributed by atoms with Gasteiger partial charge in [-0.1, -0.05) is 53.7 Å². The molecule has 170 valence electrons. The van der Waals surface area contributed by atoms with Crippen molar-refractivity contribution in [1.82, 2.24) is 4.90 Å². The summed E-state index contributed by atoms with van der Waals surface area (Å²) in [5.41, 5.74) is 2.06. The first-order valence-electron chi connectivity index (χ1n) is 10.4. The van der Waals surface area contributed by atoms with Crippen molar-refractivity contribution in [2.24, 2.45) is 0 Å². The Kier molecular flexibility index (Phi) is 8.02. The van der Waals surface area contributed by atoms with E-state index in [-0.39, 0.29) is 37.1 Å². The lowest BCUT2D eigenvalue weighted by Crippen LogP contribution is -2.47. The van der Waals surface area contributed by atoms with Crippen LogP contribution in [-0.2, 0) is 25.6 Å². The van der Waals surface area contributed by atoms with Crippen molar-refractivity contribution in [3.63, 3.8) is 0 Å². The van der Waals surface area contributed by atoms with Crippen LogP contribution in [0.1, 0.15) is 39.7 Å². The minimum Gasteiger partial charge on any atom is -0.472 e. The van der Waals surface area contributed by atoms with E-state index in [4.69, 9.17) is 31.2 Å². The molecule has 0 bridgehead atoms. The average molecular weight is 466 g/mol. The molecular formula is C23H31NO5S2. The first-order chi connectivity index (χ1) is 14.7. The summed E-state index contributed by atoms with van der Waals surface area (Å²) >= 11 is 6.66. The quantitative estimate of drug-likeness (QED) is 0.437.